The van der Waals surface area contributed by atoms with Gasteiger partial charge in [0, 0.05) is 37.0 Å². The fraction of sp³-hybridized carbons (Fsp3) is 0.476. The molecule has 162 valence electrons. The van der Waals surface area contributed by atoms with Crippen LogP contribution in [0.2, 0.25) is 0 Å². The van der Waals surface area contributed by atoms with Crippen molar-refractivity contribution in [3.63, 3.8) is 0 Å². The molecule has 1 saturated heterocycles. The number of carbonyl (C=O) groups excluding carboxylic acids is 1. The SMILES string of the molecule is CC(C)c1nc(CC(=O)Nc2cccc(S(=O)(=O)/N=C3/CCCCCN3C)c2)cs1. The van der Waals surface area contributed by atoms with E-state index in [4.69, 9.17) is 0 Å². The number of aromatic nitrogens is 1. The summed E-state index contributed by atoms with van der Waals surface area (Å²) in [5.74, 6) is 0.675. The first-order valence-corrected chi connectivity index (χ1v) is 12.5. The first-order valence-electron chi connectivity index (χ1n) is 10.1. The van der Waals surface area contributed by atoms with Crippen LogP contribution in [-0.2, 0) is 21.2 Å². The van der Waals surface area contributed by atoms with Gasteiger partial charge in [-0.3, -0.25) is 4.79 Å². The maximum absolute atomic E-state index is 12.8. The third-order valence-corrected chi connectivity index (χ3v) is 7.38. The van der Waals surface area contributed by atoms with Crippen LogP contribution in [0.25, 0.3) is 0 Å². The van der Waals surface area contributed by atoms with Gasteiger partial charge in [0.15, 0.2) is 0 Å². The molecule has 2 heterocycles. The maximum Gasteiger partial charge on any atom is 0.284 e. The number of nitrogens with zero attached hydrogens (tertiary/aromatic N) is 3. The second-order valence-corrected chi connectivity index (χ2v) is 10.3. The number of nitrogens with one attached hydrogen (secondary N) is 1. The highest BCUT2D eigenvalue weighted by Gasteiger charge is 2.19. The molecule has 1 aliphatic rings. The molecule has 1 amide bonds. The number of amidine groups is 1. The number of benzene rings is 1. The van der Waals surface area contributed by atoms with Crippen LogP contribution in [0.15, 0.2) is 38.9 Å². The second-order valence-electron chi connectivity index (χ2n) is 7.80. The summed E-state index contributed by atoms with van der Waals surface area (Å²) in [6.07, 6.45) is 3.84. The summed E-state index contributed by atoms with van der Waals surface area (Å²) in [4.78, 5) is 18.8. The van der Waals surface area contributed by atoms with Gasteiger partial charge in [-0.2, -0.15) is 8.42 Å². The zero-order valence-electron chi connectivity index (χ0n) is 17.6. The van der Waals surface area contributed by atoms with E-state index in [1.165, 1.54) is 12.1 Å². The van der Waals surface area contributed by atoms with Crippen LogP contribution < -0.4 is 5.32 Å². The van der Waals surface area contributed by atoms with E-state index in [2.05, 4.69) is 28.5 Å². The molecule has 0 atom stereocenters. The van der Waals surface area contributed by atoms with Crippen molar-refractivity contribution in [2.75, 3.05) is 18.9 Å². The second kappa shape index (κ2) is 9.70. The van der Waals surface area contributed by atoms with Gasteiger partial charge >= 0.3 is 0 Å². The van der Waals surface area contributed by atoms with Gasteiger partial charge in [0.1, 0.15) is 5.84 Å². The van der Waals surface area contributed by atoms with Gasteiger partial charge in [-0.15, -0.1) is 15.7 Å². The number of thiazole rings is 1. The Morgan fingerprint density at radius 2 is 2.10 bits per heavy atom. The lowest BCUT2D eigenvalue weighted by molar-refractivity contribution is -0.115. The highest BCUT2D eigenvalue weighted by molar-refractivity contribution is 7.90. The first kappa shape index (κ1) is 22.4. The zero-order valence-corrected chi connectivity index (χ0v) is 19.2. The number of likely N-dealkylation sites (tertiary alicyclic amines) is 1. The average molecular weight is 449 g/mol. The molecule has 1 fully saturated rings. The van der Waals surface area contributed by atoms with Crippen molar-refractivity contribution >= 4 is 38.8 Å². The summed E-state index contributed by atoms with van der Waals surface area (Å²) >= 11 is 1.54. The molecule has 1 N–H and O–H groups in total. The molecule has 9 heteroatoms. The largest absolute Gasteiger partial charge is 0.362 e. The van der Waals surface area contributed by atoms with Crippen LogP contribution >= 0.6 is 11.3 Å². The zero-order chi connectivity index (χ0) is 21.7. The lowest BCUT2D eigenvalue weighted by atomic mass is 10.2. The van der Waals surface area contributed by atoms with E-state index < -0.39 is 10.0 Å². The Bertz CT molecular complexity index is 1030. The van der Waals surface area contributed by atoms with E-state index in [1.54, 1.807) is 23.5 Å². The van der Waals surface area contributed by atoms with Crippen LogP contribution in [0.1, 0.15) is 56.2 Å². The quantitative estimate of drug-likeness (QED) is 0.720. The van der Waals surface area contributed by atoms with E-state index in [0.29, 0.717) is 29.6 Å². The lowest BCUT2D eigenvalue weighted by Gasteiger charge is -2.17. The van der Waals surface area contributed by atoms with Crippen LogP contribution in [-0.4, -0.2) is 43.6 Å². The minimum Gasteiger partial charge on any atom is -0.362 e. The van der Waals surface area contributed by atoms with Gasteiger partial charge in [0.25, 0.3) is 10.0 Å². The van der Waals surface area contributed by atoms with Crippen molar-refractivity contribution in [3.8, 4) is 0 Å². The number of rotatable bonds is 6. The maximum atomic E-state index is 12.8. The number of hydrogen-bond acceptors (Lipinski definition) is 5. The van der Waals surface area contributed by atoms with Crippen molar-refractivity contribution in [2.24, 2.45) is 4.40 Å². The predicted molar refractivity (Wildman–Crippen MR) is 121 cm³/mol. The number of hydrogen-bond donors (Lipinski definition) is 1. The first-order chi connectivity index (χ1) is 14.2. The summed E-state index contributed by atoms with van der Waals surface area (Å²) in [6, 6.07) is 6.23. The fourth-order valence-electron chi connectivity index (χ4n) is 3.21. The Morgan fingerprint density at radius 3 is 2.83 bits per heavy atom. The van der Waals surface area contributed by atoms with Gasteiger partial charge in [0.05, 0.1) is 22.0 Å². The number of sulfonamides is 1. The molecule has 0 saturated carbocycles. The molecule has 0 unspecified atom stereocenters. The lowest BCUT2D eigenvalue weighted by Crippen LogP contribution is -2.26. The molecule has 0 bridgehead atoms. The van der Waals surface area contributed by atoms with Gasteiger partial charge in [-0.1, -0.05) is 26.3 Å². The van der Waals surface area contributed by atoms with Crippen molar-refractivity contribution in [3.05, 3.63) is 40.3 Å². The third kappa shape index (κ3) is 5.89. The minimum absolute atomic E-state index is 0.0706. The minimum atomic E-state index is -3.85. The summed E-state index contributed by atoms with van der Waals surface area (Å²) in [7, 11) is -1.97. The van der Waals surface area contributed by atoms with E-state index >= 15 is 0 Å². The summed E-state index contributed by atoms with van der Waals surface area (Å²) in [5, 5.41) is 5.64. The van der Waals surface area contributed by atoms with Crippen LogP contribution in [0.5, 0.6) is 0 Å². The molecule has 30 heavy (non-hydrogen) atoms. The average Bonchev–Trinajstić information content (AvgIpc) is 3.06. The summed E-state index contributed by atoms with van der Waals surface area (Å²) < 4.78 is 29.7. The van der Waals surface area contributed by atoms with Crippen molar-refractivity contribution in [1.29, 1.82) is 0 Å². The molecule has 0 aliphatic carbocycles. The fourth-order valence-corrected chi connectivity index (χ4v) is 5.18. The summed E-state index contributed by atoms with van der Waals surface area (Å²) in [6.45, 7) is 4.93. The Morgan fingerprint density at radius 1 is 1.30 bits per heavy atom. The smallest absolute Gasteiger partial charge is 0.284 e. The Balaban J connectivity index is 1.72. The van der Waals surface area contributed by atoms with Gasteiger partial charge in [0.2, 0.25) is 5.91 Å². The van der Waals surface area contributed by atoms with Crippen LogP contribution in [0.3, 0.4) is 0 Å². The third-order valence-electron chi connectivity index (χ3n) is 4.88. The highest BCUT2D eigenvalue weighted by atomic mass is 32.2. The summed E-state index contributed by atoms with van der Waals surface area (Å²) in [5.41, 5.74) is 1.14. The number of anilines is 1. The van der Waals surface area contributed by atoms with E-state index in [1.807, 2.05) is 17.3 Å². The van der Waals surface area contributed by atoms with E-state index in [9.17, 15) is 13.2 Å². The van der Waals surface area contributed by atoms with Gasteiger partial charge in [-0.05, 0) is 31.0 Å². The van der Waals surface area contributed by atoms with Crippen molar-refractivity contribution < 1.29 is 13.2 Å². The standard InChI is InChI=1S/C21H28N4O3S2/c1-15(2)21-23-17(14-29-21)13-20(26)22-16-8-7-9-18(12-16)30(27,28)24-19-10-5-4-6-11-25(19)3/h7-9,12,14-15H,4-6,10-11,13H2,1-3H3,(H,22,26)/b24-19-. The van der Waals surface area contributed by atoms with Crippen LogP contribution in [0.4, 0.5) is 5.69 Å². The normalized spacial score (nSPS) is 16.7. The predicted octanol–water partition coefficient (Wildman–Crippen LogP) is 4.04. The topological polar surface area (TPSA) is 91.7 Å². The molecule has 0 radical (unpaired) electrons. The molecule has 0 spiro atoms. The molecule has 2 aromatic rings. The highest BCUT2D eigenvalue weighted by Crippen LogP contribution is 2.22. The Labute approximate surface area is 182 Å². The van der Waals surface area contributed by atoms with E-state index in [-0.39, 0.29) is 17.2 Å². The number of amides is 1. The molecule has 1 aliphatic heterocycles. The number of carbonyl (C=O) groups is 1. The van der Waals surface area contributed by atoms with Crippen LogP contribution in [0, 0.1) is 0 Å². The van der Waals surface area contributed by atoms with E-state index in [0.717, 1.165) is 30.8 Å². The molecule has 1 aromatic heterocycles. The Hall–Kier alpha value is -2.26. The monoisotopic (exact) mass is 448 g/mol. The van der Waals surface area contributed by atoms with Gasteiger partial charge in [-0.25, -0.2) is 4.98 Å². The van der Waals surface area contributed by atoms with Crippen molar-refractivity contribution in [1.82, 2.24) is 9.88 Å². The van der Waals surface area contributed by atoms with Gasteiger partial charge < -0.3 is 10.2 Å². The molecular formula is C21H28N4O3S2. The molecule has 3 rings (SSSR count). The molecule has 7 nitrogen and oxygen atoms in total. The Kier molecular flexibility index (Phi) is 7.25. The molecular weight excluding hydrogens is 420 g/mol. The molecule has 1 aromatic carbocycles. The van der Waals surface area contributed by atoms with Crippen molar-refractivity contribution in [2.45, 2.75) is 56.8 Å².